The Hall–Kier alpha value is -2.17. The van der Waals surface area contributed by atoms with Crippen LogP contribution in [0.4, 0.5) is 4.39 Å². The average Bonchev–Trinajstić information content (AvgIpc) is 2.54. The predicted molar refractivity (Wildman–Crippen MR) is 102 cm³/mol. The molecule has 0 aliphatic heterocycles. The van der Waals surface area contributed by atoms with Crippen LogP contribution in [-0.2, 0) is 15.3 Å². The third kappa shape index (κ3) is 4.14. The highest BCUT2D eigenvalue weighted by molar-refractivity contribution is 9.10. The molecule has 0 saturated carbocycles. The molecule has 0 amide bonds. The van der Waals surface area contributed by atoms with Crippen LogP contribution in [0.1, 0.15) is 31.9 Å². The summed E-state index contributed by atoms with van der Waals surface area (Å²) in [6.45, 7) is 5.72. The van der Waals surface area contributed by atoms with Crippen molar-refractivity contribution in [2.75, 3.05) is 0 Å². The maximum absolute atomic E-state index is 13.0. The minimum absolute atomic E-state index is 0.0644. The molecule has 7 heteroatoms. The van der Waals surface area contributed by atoms with Gasteiger partial charge in [-0.15, -0.1) is 0 Å². The molecule has 1 N–H and O–H groups in total. The van der Waals surface area contributed by atoms with E-state index in [1.807, 2.05) is 20.8 Å². The lowest BCUT2D eigenvalue weighted by Gasteiger charge is -2.21. The molecule has 0 aliphatic carbocycles. The van der Waals surface area contributed by atoms with Gasteiger partial charge in [0.25, 0.3) is 0 Å². The highest BCUT2D eigenvalue weighted by Gasteiger charge is 2.23. The molecule has 0 bridgehead atoms. The van der Waals surface area contributed by atoms with Crippen molar-refractivity contribution in [2.24, 2.45) is 0 Å². The molecule has 0 radical (unpaired) electrons. The first-order valence-corrected chi connectivity index (χ1v) is 9.90. The molecule has 0 saturated heterocycles. The molecule has 26 heavy (non-hydrogen) atoms. The third-order valence-corrected chi connectivity index (χ3v) is 6.00. The molecular weight excluding hydrogens is 421 g/mol. The number of hydrogen-bond donors (Lipinski definition) is 1. The fourth-order valence-corrected chi connectivity index (χ4v) is 3.97. The van der Waals surface area contributed by atoms with Gasteiger partial charge >= 0.3 is 0 Å². The topological polar surface area (TPSA) is 78.2 Å². The third-order valence-electron chi connectivity index (χ3n) is 3.72. The van der Waals surface area contributed by atoms with Gasteiger partial charge in [-0.1, -0.05) is 20.8 Å². The minimum atomic E-state index is -4.08. The number of hydrogen-bond acceptors (Lipinski definition) is 4. The van der Waals surface area contributed by atoms with E-state index in [4.69, 9.17) is 0 Å². The summed E-state index contributed by atoms with van der Waals surface area (Å²) in [5.74, 6) is -0.502. The second-order valence-electron chi connectivity index (χ2n) is 6.73. The first-order chi connectivity index (χ1) is 12.0. The zero-order valence-corrected chi connectivity index (χ0v) is 16.8. The molecule has 0 aromatic heterocycles. The van der Waals surface area contributed by atoms with Crippen LogP contribution in [0.2, 0.25) is 0 Å². The quantitative estimate of drug-likeness (QED) is 0.545. The van der Waals surface area contributed by atoms with E-state index in [-0.39, 0.29) is 16.1 Å². The summed E-state index contributed by atoms with van der Waals surface area (Å²) in [5, 5.41) is 19.6. The Labute approximate surface area is 160 Å². The van der Waals surface area contributed by atoms with Gasteiger partial charge in [0.15, 0.2) is 0 Å². The monoisotopic (exact) mass is 437 g/mol. The Morgan fingerprint density at radius 1 is 1.23 bits per heavy atom. The molecule has 0 atom stereocenters. The molecule has 0 heterocycles. The van der Waals surface area contributed by atoms with Gasteiger partial charge in [0.1, 0.15) is 22.5 Å². The van der Waals surface area contributed by atoms with Gasteiger partial charge in [0.05, 0.1) is 9.37 Å². The van der Waals surface area contributed by atoms with Crippen molar-refractivity contribution in [1.82, 2.24) is 0 Å². The number of benzene rings is 2. The van der Waals surface area contributed by atoms with Gasteiger partial charge < -0.3 is 5.11 Å². The second-order valence-corrected chi connectivity index (χ2v) is 9.50. The lowest BCUT2D eigenvalue weighted by molar-refractivity contribution is 0.443. The van der Waals surface area contributed by atoms with E-state index in [1.54, 1.807) is 12.1 Å². The summed E-state index contributed by atoms with van der Waals surface area (Å²) in [6, 6.07) is 9.14. The minimum Gasteiger partial charge on any atom is -0.506 e. The Morgan fingerprint density at radius 3 is 2.31 bits per heavy atom. The zero-order chi connectivity index (χ0) is 19.7. The lowest BCUT2D eigenvalue weighted by atomic mass is 9.85. The van der Waals surface area contributed by atoms with E-state index in [2.05, 4.69) is 15.9 Å². The van der Waals surface area contributed by atoms with Crippen LogP contribution in [0.25, 0.3) is 6.08 Å². The predicted octanol–water partition coefficient (Wildman–Crippen LogP) is 4.93. The normalized spacial score (nSPS) is 12.7. The van der Waals surface area contributed by atoms with Gasteiger partial charge in [-0.2, -0.15) is 5.26 Å². The Balaban J connectivity index is 2.61. The van der Waals surface area contributed by atoms with Crippen molar-refractivity contribution in [3.8, 4) is 11.8 Å². The number of allylic oxidation sites excluding steroid dienone is 1. The van der Waals surface area contributed by atoms with Crippen molar-refractivity contribution in [1.29, 1.82) is 5.26 Å². The fraction of sp³-hybridized carbons (Fsp3) is 0.211. The smallest absolute Gasteiger partial charge is 0.216 e. The summed E-state index contributed by atoms with van der Waals surface area (Å²) in [7, 11) is -4.08. The number of rotatable bonds is 3. The van der Waals surface area contributed by atoms with Gasteiger partial charge in [0.2, 0.25) is 9.84 Å². The molecular formula is C19H17BrFNO3S. The number of phenols is 1. The number of aromatic hydroxyl groups is 1. The van der Waals surface area contributed by atoms with Crippen molar-refractivity contribution >= 4 is 31.8 Å². The lowest BCUT2D eigenvalue weighted by Crippen LogP contribution is -2.12. The molecule has 0 aliphatic rings. The van der Waals surface area contributed by atoms with E-state index in [1.165, 1.54) is 12.1 Å². The number of halogens is 2. The van der Waals surface area contributed by atoms with Crippen molar-refractivity contribution < 1.29 is 17.9 Å². The maximum Gasteiger partial charge on any atom is 0.216 e. The molecule has 4 nitrogen and oxygen atoms in total. The highest BCUT2D eigenvalue weighted by atomic mass is 79.9. The SMILES string of the molecule is CC(C)(C)c1cc(C=C(C#N)S(=O)(=O)c2ccc(F)cc2)cc(Br)c1O. The van der Waals surface area contributed by atoms with Gasteiger partial charge in [-0.25, -0.2) is 12.8 Å². The van der Waals surface area contributed by atoms with Crippen LogP contribution in [0, 0.1) is 17.1 Å². The molecule has 0 spiro atoms. The molecule has 0 fully saturated rings. The standard InChI is InChI=1S/C19H17BrFNO3S/c1-19(2,3)16-9-12(10-17(20)18(16)23)8-15(11-22)26(24,25)14-6-4-13(21)5-7-14/h4-10,23H,1-3H3. The van der Waals surface area contributed by atoms with Crippen LogP contribution in [0.15, 0.2) is 50.7 Å². The molecule has 0 unspecified atom stereocenters. The summed E-state index contributed by atoms with van der Waals surface area (Å²) < 4.78 is 38.7. The van der Waals surface area contributed by atoms with E-state index < -0.39 is 20.6 Å². The van der Waals surface area contributed by atoms with E-state index in [9.17, 15) is 23.2 Å². The maximum atomic E-state index is 13.0. The van der Waals surface area contributed by atoms with Gasteiger partial charge in [0, 0.05) is 5.56 Å². The number of nitrogens with zero attached hydrogens (tertiary/aromatic N) is 1. The molecule has 2 rings (SSSR count). The highest BCUT2D eigenvalue weighted by Crippen LogP contribution is 2.38. The van der Waals surface area contributed by atoms with Crippen molar-refractivity contribution in [2.45, 2.75) is 31.1 Å². The van der Waals surface area contributed by atoms with Gasteiger partial charge in [-0.3, -0.25) is 0 Å². The van der Waals surface area contributed by atoms with Crippen LogP contribution < -0.4 is 0 Å². The summed E-state index contributed by atoms with van der Waals surface area (Å²) in [4.78, 5) is -0.637. The largest absolute Gasteiger partial charge is 0.506 e. The van der Waals surface area contributed by atoms with Crippen LogP contribution in [0.5, 0.6) is 5.75 Å². The van der Waals surface area contributed by atoms with E-state index >= 15 is 0 Å². The van der Waals surface area contributed by atoms with E-state index in [0.717, 1.165) is 24.3 Å². The molecule has 136 valence electrons. The fourth-order valence-electron chi connectivity index (χ4n) is 2.34. The van der Waals surface area contributed by atoms with E-state index in [0.29, 0.717) is 15.6 Å². The van der Waals surface area contributed by atoms with Crippen LogP contribution in [0.3, 0.4) is 0 Å². The number of nitriles is 1. The summed E-state index contributed by atoms with van der Waals surface area (Å²) >= 11 is 3.25. The van der Waals surface area contributed by atoms with Crippen LogP contribution >= 0.6 is 15.9 Å². The molecule has 2 aromatic rings. The average molecular weight is 438 g/mol. The Bertz CT molecular complexity index is 1010. The van der Waals surface area contributed by atoms with Crippen LogP contribution in [-0.4, -0.2) is 13.5 Å². The first-order valence-electron chi connectivity index (χ1n) is 7.62. The second kappa shape index (κ2) is 7.22. The zero-order valence-electron chi connectivity index (χ0n) is 14.4. The first kappa shape index (κ1) is 20.1. The summed E-state index contributed by atoms with van der Waals surface area (Å²) in [6.07, 6.45) is 1.23. The summed E-state index contributed by atoms with van der Waals surface area (Å²) in [5.41, 5.74) is 0.662. The Morgan fingerprint density at radius 2 is 1.81 bits per heavy atom. The Kier molecular flexibility index (Phi) is 5.59. The molecule has 2 aromatic carbocycles. The van der Waals surface area contributed by atoms with Crippen molar-refractivity contribution in [3.63, 3.8) is 0 Å². The number of phenolic OH excluding ortho intramolecular Hbond substituents is 1. The number of sulfone groups is 1. The van der Waals surface area contributed by atoms with Gasteiger partial charge in [-0.05, 0) is 69.4 Å². The van der Waals surface area contributed by atoms with Crippen molar-refractivity contribution in [3.05, 3.63) is 62.7 Å².